The van der Waals surface area contributed by atoms with Gasteiger partial charge in [-0.05, 0) is 24.8 Å². The van der Waals surface area contributed by atoms with E-state index >= 15 is 0 Å². The largest absolute Gasteiger partial charge is 0.481 e. The van der Waals surface area contributed by atoms with Crippen LogP contribution in [0.4, 0.5) is 4.79 Å². The first-order valence-corrected chi connectivity index (χ1v) is 8.34. The first kappa shape index (κ1) is 17.3. The van der Waals surface area contributed by atoms with Crippen molar-refractivity contribution in [2.45, 2.75) is 25.8 Å². The van der Waals surface area contributed by atoms with Crippen LogP contribution in [0.2, 0.25) is 0 Å². The van der Waals surface area contributed by atoms with Crippen molar-refractivity contribution in [2.75, 3.05) is 27.3 Å². The van der Waals surface area contributed by atoms with E-state index in [1.54, 1.807) is 17.0 Å². The number of urea groups is 1. The molecule has 1 aromatic heterocycles. The molecule has 2 N–H and O–H groups in total. The molecule has 0 aromatic carbocycles. The Hall–Kier alpha value is -2.51. The van der Waals surface area contributed by atoms with E-state index in [1.807, 2.05) is 0 Å². The Morgan fingerprint density at radius 1 is 1.40 bits per heavy atom. The molecule has 25 heavy (non-hydrogen) atoms. The fourth-order valence-corrected chi connectivity index (χ4v) is 3.95. The maximum Gasteiger partial charge on any atom is 0.317 e. The highest BCUT2D eigenvalue weighted by molar-refractivity contribution is 5.80. The topological polar surface area (TPSA) is 101 Å². The SMILES string of the molecule is COc1ccc(CNC(=O)N2C[C@@H]3CCC[C@@]3(C(=O)O)C2)c(OC)n1. The smallest absolute Gasteiger partial charge is 0.317 e. The predicted molar refractivity (Wildman–Crippen MR) is 88.6 cm³/mol. The molecule has 2 aliphatic rings. The summed E-state index contributed by atoms with van der Waals surface area (Å²) in [6, 6.07) is 3.22. The van der Waals surface area contributed by atoms with Crippen LogP contribution in [0, 0.1) is 11.3 Å². The van der Waals surface area contributed by atoms with E-state index in [4.69, 9.17) is 9.47 Å². The second-order valence-electron chi connectivity index (χ2n) is 6.61. The number of fused-ring (bicyclic) bond motifs is 1. The van der Waals surface area contributed by atoms with Crippen molar-refractivity contribution < 1.29 is 24.2 Å². The number of aromatic nitrogens is 1. The minimum atomic E-state index is -0.786. The normalized spacial score (nSPS) is 24.7. The van der Waals surface area contributed by atoms with Gasteiger partial charge >= 0.3 is 12.0 Å². The van der Waals surface area contributed by atoms with Gasteiger partial charge in [-0.15, -0.1) is 0 Å². The van der Waals surface area contributed by atoms with E-state index in [9.17, 15) is 14.7 Å². The molecular formula is C17H23N3O5. The van der Waals surface area contributed by atoms with Crippen LogP contribution in [0.3, 0.4) is 0 Å². The van der Waals surface area contributed by atoms with Crippen LogP contribution in [0.15, 0.2) is 12.1 Å². The van der Waals surface area contributed by atoms with Crippen molar-refractivity contribution in [2.24, 2.45) is 11.3 Å². The Balaban J connectivity index is 1.63. The van der Waals surface area contributed by atoms with E-state index in [-0.39, 0.29) is 25.0 Å². The summed E-state index contributed by atoms with van der Waals surface area (Å²) in [6.45, 7) is 1.02. The summed E-state index contributed by atoms with van der Waals surface area (Å²) >= 11 is 0. The summed E-state index contributed by atoms with van der Waals surface area (Å²) in [5.41, 5.74) is -0.0412. The average molecular weight is 349 g/mol. The molecule has 0 radical (unpaired) electrons. The number of carbonyl (C=O) groups is 2. The van der Waals surface area contributed by atoms with Gasteiger partial charge < -0.3 is 24.8 Å². The zero-order valence-corrected chi connectivity index (χ0v) is 14.4. The Kier molecular flexibility index (Phi) is 4.69. The molecule has 3 rings (SSSR count). The average Bonchev–Trinajstić information content (AvgIpc) is 3.18. The van der Waals surface area contributed by atoms with Gasteiger partial charge in [-0.2, -0.15) is 4.98 Å². The maximum atomic E-state index is 12.5. The highest BCUT2D eigenvalue weighted by Gasteiger charge is 2.55. The van der Waals surface area contributed by atoms with Gasteiger partial charge in [0.05, 0.1) is 19.6 Å². The highest BCUT2D eigenvalue weighted by Crippen LogP contribution is 2.48. The van der Waals surface area contributed by atoms with Crippen LogP contribution < -0.4 is 14.8 Å². The molecule has 1 aromatic rings. The van der Waals surface area contributed by atoms with Crippen molar-refractivity contribution in [1.29, 1.82) is 0 Å². The van der Waals surface area contributed by atoms with Crippen LogP contribution in [-0.4, -0.2) is 54.3 Å². The first-order chi connectivity index (χ1) is 12.0. The quantitative estimate of drug-likeness (QED) is 0.835. The minimum absolute atomic E-state index is 0.0490. The second-order valence-corrected chi connectivity index (χ2v) is 6.61. The van der Waals surface area contributed by atoms with E-state index in [0.29, 0.717) is 24.7 Å². The molecule has 8 heteroatoms. The lowest BCUT2D eigenvalue weighted by Crippen LogP contribution is -2.41. The summed E-state index contributed by atoms with van der Waals surface area (Å²) in [5, 5.41) is 12.4. The summed E-state index contributed by atoms with van der Waals surface area (Å²) in [7, 11) is 3.02. The number of amides is 2. The van der Waals surface area contributed by atoms with Crippen molar-refractivity contribution in [3.8, 4) is 11.8 Å². The van der Waals surface area contributed by atoms with Crippen molar-refractivity contribution >= 4 is 12.0 Å². The van der Waals surface area contributed by atoms with Gasteiger partial charge in [0.25, 0.3) is 0 Å². The standard InChI is InChI=1S/C17H23N3O5/c1-24-13-6-5-11(14(19-13)25-2)8-18-16(23)20-9-12-4-3-7-17(12,10-20)15(21)22/h5-6,12H,3-4,7-10H2,1-2H3,(H,18,23)(H,21,22)/t12-,17+/m0/s1. The van der Waals surface area contributed by atoms with Crippen LogP contribution in [0.1, 0.15) is 24.8 Å². The Morgan fingerprint density at radius 2 is 2.20 bits per heavy atom. The Labute approximate surface area is 146 Å². The lowest BCUT2D eigenvalue weighted by Gasteiger charge is -2.23. The van der Waals surface area contributed by atoms with E-state index < -0.39 is 11.4 Å². The third-order valence-corrected chi connectivity index (χ3v) is 5.33. The third kappa shape index (κ3) is 3.08. The number of rotatable bonds is 5. The molecule has 1 aliphatic carbocycles. The molecule has 0 spiro atoms. The molecule has 136 valence electrons. The van der Waals surface area contributed by atoms with Gasteiger partial charge in [0.1, 0.15) is 0 Å². The number of likely N-dealkylation sites (tertiary alicyclic amines) is 1. The molecule has 0 unspecified atom stereocenters. The highest BCUT2D eigenvalue weighted by atomic mass is 16.5. The molecule has 8 nitrogen and oxygen atoms in total. The second kappa shape index (κ2) is 6.78. The zero-order valence-electron chi connectivity index (χ0n) is 14.4. The number of carbonyl (C=O) groups excluding carboxylic acids is 1. The number of aliphatic carboxylic acids is 1. The van der Waals surface area contributed by atoms with Crippen LogP contribution in [0.25, 0.3) is 0 Å². The molecule has 1 saturated carbocycles. The number of pyridine rings is 1. The molecule has 1 saturated heterocycles. The van der Waals surface area contributed by atoms with E-state index in [2.05, 4.69) is 10.3 Å². The zero-order chi connectivity index (χ0) is 18.0. The number of hydrogen-bond acceptors (Lipinski definition) is 5. The summed E-state index contributed by atoms with van der Waals surface area (Å²) in [6.07, 6.45) is 2.43. The first-order valence-electron chi connectivity index (χ1n) is 8.34. The lowest BCUT2D eigenvalue weighted by atomic mass is 9.81. The van der Waals surface area contributed by atoms with E-state index in [0.717, 1.165) is 18.4 Å². The van der Waals surface area contributed by atoms with Crippen molar-refractivity contribution in [1.82, 2.24) is 15.2 Å². The van der Waals surface area contributed by atoms with Gasteiger partial charge in [0.2, 0.25) is 11.8 Å². The number of nitrogens with one attached hydrogen (secondary N) is 1. The number of nitrogens with zero attached hydrogens (tertiary/aromatic N) is 2. The van der Waals surface area contributed by atoms with Gasteiger partial charge in [0.15, 0.2) is 0 Å². The van der Waals surface area contributed by atoms with Crippen molar-refractivity contribution in [3.63, 3.8) is 0 Å². The van der Waals surface area contributed by atoms with Gasteiger partial charge in [0, 0.05) is 31.3 Å². The van der Waals surface area contributed by atoms with Gasteiger partial charge in [-0.3, -0.25) is 4.79 Å². The van der Waals surface area contributed by atoms with E-state index in [1.165, 1.54) is 14.2 Å². The summed E-state index contributed by atoms with van der Waals surface area (Å²) in [4.78, 5) is 30.0. The molecule has 2 heterocycles. The van der Waals surface area contributed by atoms with Crippen LogP contribution >= 0.6 is 0 Å². The number of methoxy groups -OCH3 is 2. The van der Waals surface area contributed by atoms with Crippen LogP contribution in [0.5, 0.6) is 11.8 Å². The Morgan fingerprint density at radius 3 is 2.84 bits per heavy atom. The molecule has 2 amide bonds. The van der Waals surface area contributed by atoms with Gasteiger partial charge in [-0.1, -0.05) is 6.42 Å². The number of carboxylic acid groups (broad SMARTS) is 1. The number of carboxylic acids is 1. The van der Waals surface area contributed by atoms with Gasteiger partial charge in [-0.25, -0.2) is 4.79 Å². The number of hydrogen-bond donors (Lipinski definition) is 2. The predicted octanol–water partition coefficient (Wildman–Crippen LogP) is 1.50. The minimum Gasteiger partial charge on any atom is -0.481 e. The monoisotopic (exact) mass is 349 g/mol. The lowest BCUT2D eigenvalue weighted by molar-refractivity contribution is -0.149. The van der Waals surface area contributed by atoms with Crippen LogP contribution in [-0.2, 0) is 11.3 Å². The Bertz CT molecular complexity index is 680. The third-order valence-electron chi connectivity index (χ3n) is 5.33. The molecule has 1 aliphatic heterocycles. The number of ether oxygens (including phenoxy) is 2. The molecular weight excluding hydrogens is 326 g/mol. The summed E-state index contributed by atoms with van der Waals surface area (Å²) < 4.78 is 10.3. The van der Waals surface area contributed by atoms with Crippen molar-refractivity contribution in [3.05, 3.63) is 17.7 Å². The fourth-order valence-electron chi connectivity index (χ4n) is 3.95. The summed E-state index contributed by atoms with van der Waals surface area (Å²) in [5.74, 6) is 0.0851. The molecule has 2 atom stereocenters. The fraction of sp³-hybridized carbons (Fsp3) is 0.588. The molecule has 0 bridgehead atoms. The maximum absolute atomic E-state index is 12.5. The molecule has 2 fully saturated rings.